The summed E-state index contributed by atoms with van der Waals surface area (Å²) in [5, 5.41) is 16.7. The van der Waals surface area contributed by atoms with Crippen molar-refractivity contribution >= 4 is 6.16 Å². The summed E-state index contributed by atoms with van der Waals surface area (Å²) in [6.45, 7) is 0. The van der Waals surface area contributed by atoms with Crippen LogP contribution in [0.5, 0.6) is 0 Å². The summed E-state index contributed by atoms with van der Waals surface area (Å²) in [4.78, 5) is 8.33. The number of hydrogen-bond donors (Lipinski definition) is 0. The second-order valence-electron chi connectivity index (χ2n) is 0.250. The molecule has 0 aromatic rings. The molecule has 0 saturated heterocycles. The van der Waals surface area contributed by atoms with Gasteiger partial charge >= 0.3 is 88.7 Å². The predicted molar refractivity (Wildman–Crippen MR) is 7.33 cm³/mol. The van der Waals surface area contributed by atoms with E-state index < -0.39 is 6.16 Å². The number of carboxylic acid groups (broad SMARTS) is 2. The summed E-state index contributed by atoms with van der Waals surface area (Å²) in [7, 11) is 0. The number of carbonyl (C=O) groups is 1. The molecule has 32 valence electrons. The van der Waals surface area contributed by atoms with Crippen LogP contribution in [-0.4, -0.2) is 11.6 Å². The molecule has 0 aromatic heterocycles. The van der Waals surface area contributed by atoms with Crippen LogP contribution in [0.2, 0.25) is 0 Å². The maximum Gasteiger partial charge on any atom is 1.00 e. The first-order valence-electron chi connectivity index (χ1n) is 0.612. The Hall–Kier alpha value is 2.23. The average Bonchev–Trinajstić information content (AvgIpc) is 0.811. The molecule has 0 aliphatic heterocycles. The number of hydrogen-bond acceptors (Lipinski definition) is 4. The molecule has 0 unspecified atom stereocenters. The van der Waals surface area contributed by atoms with E-state index in [-0.39, 0.29) is 94.1 Å². The Kier molecular flexibility index (Phi) is 91.0. The zero-order valence-electron chi connectivity index (χ0n) is 5.17. The van der Waals surface area contributed by atoms with Crippen LogP contribution in [0.25, 0.3) is 0 Å². The Morgan fingerprint density at radius 2 is 1.00 bits per heavy atom. The van der Waals surface area contributed by atoms with E-state index in [9.17, 15) is 0 Å². The third-order valence-electron chi connectivity index (χ3n) is 0. The Labute approximate surface area is 113 Å². The van der Waals surface area contributed by atoms with Crippen molar-refractivity contribution in [2.75, 3.05) is 0 Å². The van der Waals surface area contributed by atoms with E-state index in [4.69, 9.17) is 15.0 Å². The molecule has 0 fully saturated rings. The number of carbonyl (C=O) groups excluding carboxylic acids is 1. The van der Waals surface area contributed by atoms with Crippen LogP contribution in [0.15, 0.2) is 0 Å². The Balaban J connectivity index is -0.00000000750. The monoisotopic (exact) mass is 146 g/mol. The van der Waals surface area contributed by atoms with Crippen molar-refractivity contribution in [3.8, 4) is 0 Å². The molecule has 0 spiro atoms. The third-order valence-corrected chi connectivity index (χ3v) is 0. The van der Waals surface area contributed by atoms with Crippen molar-refractivity contribution in [3.05, 3.63) is 0 Å². The number of rotatable bonds is 0. The minimum absolute atomic E-state index is 0. The van der Waals surface area contributed by atoms with Crippen LogP contribution in [0.1, 0.15) is 0 Å². The summed E-state index contributed by atoms with van der Waals surface area (Å²) in [5.41, 5.74) is 0. The van der Waals surface area contributed by atoms with Gasteiger partial charge in [0, 0.05) is 0 Å². The standard InChI is InChI=1S/CH2O3.3Na.H2O/c2-1(3)4;;;;/h(H2,2,3,4);;;;1H2/q;3*+1;/p-3. The first-order valence-corrected chi connectivity index (χ1v) is 0.612. The van der Waals surface area contributed by atoms with E-state index in [0.717, 1.165) is 0 Å². The molecule has 4 nitrogen and oxygen atoms in total. The van der Waals surface area contributed by atoms with Crippen molar-refractivity contribution in [1.29, 1.82) is 0 Å². The second-order valence-corrected chi connectivity index (χ2v) is 0.250. The first kappa shape index (κ1) is 31.9. The molecule has 0 rings (SSSR count). The van der Waals surface area contributed by atoms with Gasteiger partial charge in [0.2, 0.25) is 0 Å². The van der Waals surface area contributed by atoms with Crippen molar-refractivity contribution in [2.24, 2.45) is 0 Å². The van der Waals surface area contributed by atoms with Gasteiger partial charge in [0.05, 0.1) is 0 Å². The zero-order chi connectivity index (χ0) is 3.58. The fourth-order valence-electron chi connectivity index (χ4n) is 0. The quantitative estimate of drug-likeness (QED) is 0.317. The predicted octanol–water partition coefficient (Wildman–Crippen LogP) is -11.6. The molecular formula is CHNa3O4. The molecule has 0 saturated carbocycles. The second kappa shape index (κ2) is 22.9. The van der Waals surface area contributed by atoms with E-state index in [1.54, 1.807) is 0 Å². The van der Waals surface area contributed by atoms with Crippen molar-refractivity contribution in [2.45, 2.75) is 0 Å². The van der Waals surface area contributed by atoms with Gasteiger partial charge < -0.3 is 20.5 Å². The SMILES string of the molecule is O=C([O-])[O-].[Na+].[Na+].[Na+].[OH-]. The van der Waals surface area contributed by atoms with Crippen molar-refractivity contribution in [3.63, 3.8) is 0 Å². The fraction of sp³-hybridized carbons (Fsp3) is 0. The topological polar surface area (TPSA) is 93.2 Å². The molecule has 0 atom stereocenters. The van der Waals surface area contributed by atoms with E-state index >= 15 is 0 Å². The Bertz CT molecular complexity index is 34.3. The maximum absolute atomic E-state index is 8.33. The van der Waals surface area contributed by atoms with Crippen LogP contribution in [0, 0.1) is 0 Å². The van der Waals surface area contributed by atoms with Crippen molar-refractivity contribution in [1.82, 2.24) is 0 Å². The van der Waals surface area contributed by atoms with Crippen LogP contribution in [0.4, 0.5) is 4.79 Å². The van der Waals surface area contributed by atoms with Gasteiger partial charge in [-0.2, -0.15) is 0 Å². The van der Waals surface area contributed by atoms with Crippen LogP contribution >= 0.6 is 0 Å². The fourth-order valence-corrected chi connectivity index (χ4v) is 0. The van der Waals surface area contributed by atoms with E-state index in [1.165, 1.54) is 0 Å². The van der Waals surface area contributed by atoms with Crippen LogP contribution in [-0.2, 0) is 0 Å². The maximum atomic E-state index is 8.33. The molecular weight excluding hydrogens is 145 g/mol. The minimum Gasteiger partial charge on any atom is -0.870 e. The molecule has 1 N–H and O–H groups in total. The molecule has 0 aliphatic rings. The van der Waals surface area contributed by atoms with Crippen LogP contribution < -0.4 is 98.9 Å². The van der Waals surface area contributed by atoms with Gasteiger partial charge in [0.25, 0.3) is 0 Å². The molecule has 0 amide bonds. The minimum atomic E-state index is -2.33. The van der Waals surface area contributed by atoms with Gasteiger partial charge in [-0.1, -0.05) is 0 Å². The van der Waals surface area contributed by atoms with Gasteiger partial charge in [-0.3, -0.25) is 0 Å². The van der Waals surface area contributed by atoms with E-state index in [2.05, 4.69) is 0 Å². The normalized spacial score (nSPS) is 3.00. The van der Waals surface area contributed by atoms with Gasteiger partial charge in [0.1, 0.15) is 0 Å². The molecule has 8 heavy (non-hydrogen) atoms. The van der Waals surface area contributed by atoms with Crippen molar-refractivity contribution < 1.29 is 109 Å². The van der Waals surface area contributed by atoms with Crippen LogP contribution in [0.3, 0.4) is 0 Å². The molecule has 0 radical (unpaired) electrons. The molecule has 7 heteroatoms. The molecule has 0 aliphatic carbocycles. The smallest absolute Gasteiger partial charge is 0.870 e. The summed E-state index contributed by atoms with van der Waals surface area (Å²) >= 11 is 0. The van der Waals surface area contributed by atoms with E-state index in [0.29, 0.717) is 0 Å². The molecule has 0 bridgehead atoms. The summed E-state index contributed by atoms with van der Waals surface area (Å²) in [6, 6.07) is 0. The van der Waals surface area contributed by atoms with Gasteiger partial charge in [-0.15, -0.1) is 0 Å². The molecule has 0 heterocycles. The van der Waals surface area contributed by atoms with Gasteiger partial charge in [-0.25, -0.2) is 0 Å². The summed E-state index contributed by atoms with van der Waals surface area (Å²) in [6.07, 6.45) is -2.33. The Morgan fingerprint density at radius 1 is 1.00 bits per heavy atom. The van der Waals surface area contributed by atoms with E-state index in [1.807, 2.05) is 0 Å². The molecule has 0 aromatic carbocycles. The third kappa shape index (κ3) is 86.5. The largest absolute Gasteiger partial charge is 1.00 e. The summed E-state index contributed by atoms with van der Waals surface area (Å²) in [5.74, 6) is 0. The Morgan fingerprint density at radius 3 is 1.00 bits per heavy atom. The van der Waals surface area contributed by atoms with Gasteiger partial charge in [-0.05, 0) is 6.16 Å². The van der Waals surface area contributed by atoms with Gasteiger partial charge in [0.15, 0.2) is 0 Å². The first-order chi connectivity index (χ1) is 1.73. The summed E-state index contributed by atoms with van der Waals surface area (Å²) < 4.78 is 0. The zero-order valence-corrected chi connectivity index (χ0v) is 11.2. The average molecular weight is 146 g/mol.